The molecule has 26 heavy (non-hydrogen) atoms. The third-order valence-corrected chi connectivity index (χ3v) is 4.26. The molecule has 7 nitrogen and oxygen atoms in total. The van der Waals surface area contributed by atoms with Crippen LogP contribution < -0.4 is 24.5 Å². The molecule has 3 rings (SSSR count). The van der Waals surface area contributed by atoms with Crippen molar-refractivity contribution < 1.29 is 18.9 Å². The predicted octanol–water partition coefficient (Wildman–Crippen LogP) is 3.07. The molecule has 0 bridgehead atoms. The van der Waals surface area contributed by atoms with E-state index in [1.165, 1.54) is 39.3 Å². The van der Waals surface area contributed by atoms with Crippen molar-refractivity contribution in [2.75, 3.05) is 28.4 Å². The van der Waals surface area contributed by atoms with Crippen molar-refractivity contribution in [2.24, 2.45) is 0 Å². The number of nitrogens with zero attached hydrogens (tertiary/aromatic N) is 2. The Balaban J connectivity index is 2.29. The maximum atomic E-state index is 13.0. The van der Waals surface area contributed by atoms with Crippen LogP contribution in [0.4, 0.5) is 0 Å². The van der Waals surface area contributed by atoms with Gasteiger partial charge < -0.3 is 18.9 Å². The molecule has 0 aliphatic rings. The highest BCUT2D eigenvalue weighted by molar-refractivity contribution is 6.32. The minimum absolute atomic E-state index is 0.296. The van der Waals surface area contributed by atoms with Gasteiger partial charge in [0.05, 0.1) is 44.5 Å². The van der Waals surface area contributed by atoms with Crippen LogP contribution in [-0.2, 0) is 0 Å². The predicted molar refractivity (Wildman–Crippen MR) is 98.6 cm³/mol. The van der Waals surface area contributed by atoms with E-state index in [0.29, 0.717) is 44.6 Å². The summed E-state index contributed by atoms with van der Waals surface area (Å²) in [5, 5.41) is 0.718. The van der Waals surface area contributed by atoms with Gasteiger partial charge in [0.15, 0.2) is 11.5 Å². The van der Waals surface area contributed by atoms with Crippen LogP contribution in [0.1, 0.15) is 0 Å². The maximum absolute atomic E-state index is 13.0. The average Bonchev–Trinajstić information content (AvgIpc) is 2.66. The van der Waals surface area contributed by atoms with E-state index in [4.69, 9.17) is 30.5 Å². The van der Waals surface area contributed by atoms with Gasteiger partial charge in [-0.3, -0.25) is 9.36 Å². The lowest BCUT2D eigenvalue weighted by atomic mass is 10.2. The van der Waals surface area contributed by atoms with E-state index in [9.17, 15) is 4.79 Å². The van der Waals surface area contributed by atoms with Crippen molar-refractivity contribution in [1.82, 2.24) is 9.55 Å². The molecule has 0 spiro atoms. The molecule has 0 saturated heterocycles. The first kappa shape index (κ1) is 17.9. The van der Waals surface area contributed by atoms with Crippen molar-refractivity contribution in [3.05, 3.63) is 46.0 Å². The van der Waals surface area contributed by atoms with Crippen LogP contribution >= 0.6 is 11.6 Å². The summed E-state index contributed by atoms with van der Waals surface area (Å²) < 4.78 is 22.6. The van der Waals surface area contributed by atoms with Gasteiger partial charge in [-0.25, -0.2) is 4.98 Å². The van der Waals surface area contributed by atoms with Gasteiger partial charge in [-0.15, -0.1) is 0 Å². The number of methoxy groups -OCH3 is 4. The quantitative estimate of drug-likeness (QED) is 0.681. The number of benzene rings is 2. The Labute approximate surface area is 154 Å². The molecule has 0 saturated carbocycles. The first-order chi connectivity index (χ1) is 12.5. The summed E-state index contributed by atoms with van der Waals surface area (Å²) in [5.74, 6) is 1.60. The zero-order chi connectivity index (χ0) is 18.8. The smallest absolute Gasteiger partial charge is 0.266 e. The van der Waals surface area contributed by atoms with Crippen molar-refractivity contribution in [1.29, 1.82) is 0 Å². The summed E-state index contributed by atoms with van der Waals surface area (Å²) in [6, 6.07) is 6.61. The van der Waals surface area contributed by atoms with Gasteiger partial charge in [-0.05, 0) is 24.3 Å². The Morgan fingerprint density at radius 1 is 0.923 bits per heavy atom. The fourth-order valence-electron chi connectivity index (χ4n) is 2.72. The van der Waals surface area contributed by atoms with Crippen LogP contribution in [0.2, 0.25) is 5.02 Å². The van der Waals surface area contributed by atoms with Crippen LogP contribution in [0.15, 0.2) is 35.4 Å². The van der Waals surface area contributed by atoms with Gasteiger partial charge in [0.1, 0.15) is 17.6 Å². The minimum atomic E-state index is -0.296. The van der Waals surface area contributed by atoms with E-state index in [0.717, 1.165) is 0 Å². The SMILES string of the molecule is COc1ccc(-n2cnc3c(OC)c(OC)c(OC)cc3c2=O)cc1Cl. The number of hydrogen-bond donors (Lipinski definition) is 0. The van der Waals surface area contributed by atoms with Crippen molar-refractivity contribution in [3.63, 3.8) is 0 Å². The second-order valence-electron chi connectivity index (χ2n) is 5.28. The zero-order valence-corrected chi connectivity index (χ0v) is 15.5. The monoisotopic (exact) mass is 376 g/mol. The van der Waals surface area contributed by atoms with Crippen LogP contribution in [0, 0.1) is 0 Å². The molecule has 0 aliphatic carbocycles. The third-order valence-electron chi connectivity index (χ3n) is 3.97. The van der Waals surface area contributed by atoms with Gasteiger partial charge in [0, 0.05) is 0 Å². The van der Waals surface area contributed by atoms with E-state index in [1.54, 1.807) is 24.3 Å². The van der Waals surface area contributed by atoms with Crippen LogP contribution in [0.5, 0.6) is 23.0 Å². The zero-order valence-electron chi connectivity index (χ0n) is 14.7. The van der Waals surface area contributed by atoms with Crippen molar-refractivity contribution in [2.45, 2.75) is 0 Å². The van der Waals surface area contributed by atoms with Gasteiger partial charge in [-0.2, -0.15) is 0 Å². The minimum Gasteiger partial charge on any atom is -0.495 e. The van der Waals surface area contributed by atoms with E-state index >= 15 is 0 Å². The Morgan fingerprint density at radius 3 is 2.19 bits per heavy atom. The topological polar surface area (TPSA) is 71.8 Å². The largest absolute Gasteiger partial charge is 0.495 e. The van der Waals surface area contributed by atoms with Crippen molar-refractivity contribution >= 4 is 22.5 Å². The molecule has 0 radical (unpaired) electrons. The fourth-order valence-corrected chi connectivity index (χ4v) is 2.97. The first-order valence-corrected chi connectivity index (χ1v) is 7.97. The number of aromatic nitrogens is 2. The van der Waals surface area contributed by atoms with Gasteiger partial charge >= 0.3 is 0 Å². The summed E-state index contributed by atoms with van der Waals surface area (Å²) in [6.07, 6.45) is 1.41. The summed E-state index contributed by atoms with van der Waals surface area (Å²) in [7, 11) is 5.98. The number of rotatable bonds is 5. The molecule has 0 unspecified atom stereocenters. The van der Waals surface area contributed by atoms with Crippen molar-refractivity contribution in [3.8, 4) is 28.7 Å². The first-order valence-electron chi connectivity index (χ1n) is 7.60. The summed E-state index contributed by atoms with van der Waals surface area (Å²) in [4.78, 5) is 17.4. The molecule has 3 aromatic rings. The molecule has 0 N–H and O–H groups in total. The summed E-state index contributed by atoms with van der Waals surface area (Å²) in [5.41, 5.74) is 0.644. The summed E-state index contributed by atoms with van der Waals surface area (Å²) >= 11 is 6.17. The normalized spacial score (nSPS) is 10.7. The molecular formula is C18H17ClN2O5. The highest BCUT2D eigenvalue weighted by atomic mass is 35.5. The highest BCUT2D eigenvalue weighted by Gasteiger charge is 2.20. The summed E-state index contributed by atoms with van der Waals surface area (Å²) in [6.45, 7) is 0. The number of hydrogen-bond acceptors (Lipinski definition) is 6. The molecule has 2 aromatic carbocycles. The molecule has 1 aromatic heterocycles. The molecule has 0 aliphatic heterocycles. The molecular weight excluding hydrogens is 360 g/mol. The van der Waals surface area contributed by atoms with E-state index in [1.807, 2.05) is 0 Å². The van der Waals surface area contributed by atoms with Crippen LogP contribution in [0.3, 0.4) is 0 Å². The Bertz CT molecular complexity index is 1030. The fraction of sp³-hybridized carbons (Fsp3) is 0.222. The second-order valence-corrected chi connectivity index (χ2v) is 5.69. The van der Waals surface area contributed by atoms with Crippen LogP contribution in [0.25, 0.3) is 16.6 Å². The molecule has 0 amide bonds. The average molecular weight is 377 g/mol. The molecule has 1 heterocycles. The number of ether oxygens (including phenoxy) is 4. The number of halogens is 1. The lowest BCUT2D eigenvalue weighted by Crippen LogP contribution is -2.19. The lowest BCUT2D eigenvalue weighted by Gasteiger charge is -2.15. The molecule has 0 fully saturated rings. The Morgan fingerprint density at radius 2 is 1.62 bits per heavy atom. The molecule has 8 heteroatoms. The molecule has 0 atom stereocenters. The van der Waals surface area contributed by atoms with E-state index in [2.05, 4.69) is 4.98 Å². The van der Waals surface area contributed by atoms with Crippen LogP contribution in [-0.4, -0.2) is 38.0 Å². The van der Waals surface area contributed by atoms with Gasteiger partial charge in [0.25, 0.3) is 5.56 Å². The maximum Gasteiger partial charge on any atom is 0.266 e. The highest BCUT2D eigenvalue weighted by Crippen LogP contribution is 2.41. The Kier molecular flexibility index (Phi) is 4.90. The van der Waals surface area contributed by atoms with Gasteiger partial charge in [0.2, 0.25) is 5.75 Å². The lowest BCUT2D eigenvalue weighted by molar-refractivity contribution is 0.326. The second kappa shape index (κ2) is 7.13. The number of fused-ring (bicyclic) bond motifs is 1. The standard InChI is InChI=1S/C18H17ClN2O5/c1-23-13-6-5-10(7-12(13)19)21-9-20-15-11(18(21)22)8-14(24-2)16(25-3)17(15)26-4/h5-9H,1-4H3. The van der Waals surface area contributed by atoms with E-state index < -0.39 is 0 Å². The van der Waals surface area contributed by atoms with Gasteiger partial charge in [-0.1, -0.05) is 11.6 Å². The third kappa shape index (κ3) is 2.80. The van der Waals surface area contributed by atoms with E-state index in [-0.39, 0.29) is 5.56 Å². The Hall–Kier alpha value is -2.93. The molecule has 136 valence electrons.